The van der Waals surface area contributed by atoms with Crippen LogP contribution in [0.4, 0.5) is 10.8 Å². The third kappa shape index (κ3) is 3.69. The maximum absolute atomic E-state index is 12.5. The molecular formula is C18H16N6OS2. The van der Waals surface area contributed by atoms with Crippen LogP contribution in [0, 0.1) is 13.8 Å². The maximum Gasteiger partial charge on any atom is 0.278 e. The summed E-state index contributed by atoms with van der Waals surface area (Å²) >= 11 is 2.84. The number of benzene rings is 2. The van der Waals surface area contributed by atoms with Gasteiger partial charge in [-0.1, -0.05) is 52.6 Å². The fourth-order valence-electron chi connectivity index (χ4n) is 2.54. The van der Waals surface area contributed by atoms with Crippen LogP contribution in [0.1, 0.15) is 11.1 Å². The number of rotatable bonds is 5. The van der Waals surface area contributed by atoms with E-state index in [0.29, 0.717) is 21.9 Å². The van der Waals surface area contributed by atoms with Gasteiger partial charge in [-0.3, -0.25) is 4.79 Å². The lowest BCUT2D eigenvalue weighted by Crippen LogP contribution is -2.23. The maximum atomic E-state index is 12.5. The zero-order valence-electron chi connectivity index (χ0n) is 14.7. The van der Waals surface area contributed by atoms with Crippen LogP contribution in [0.5, 0.6) is 0 Å². The molecule has 9 heteroatoms. The van der Waals surface area contributed by atoms with Gasteiger partial charge in [-0.15, -0.1) is 15.3 Å². The highest BCUT2D eigenvalue weighted by molar-refractivity contribution is 8.00. The summed E-state index contributed by atoms with van der Waals surface area (Å²) in [7, 11) is 0. The zero-order chi connectivity index (χ0) is 18.8. The van der Waals surface area contributed by atoms with Crippen LogP contribution >= 0.6 is 23.1 Å². The quantitative estimate of drug-likeness (QED) is 0.514. The Morgan fingerprint density at radius 1 is 1.07 bits per heavy atom. The lowest BCUT2D eigenvalue weighted by atomic mass is 10.1. The van der Waals surface area contributed by atoms with Gasteiger partial charge >= 0.3 is 0 Å². The molecular weight excluding hydrogens is 380 g/mol. The summed E-state index contributed by atoms with van der Waals surface area (Å²) in [6.07, 6.45) is 0. The number of fused-ring (bicyclic) bond motifs is 1. The number of hydrogen-bond acceptors (Lipinski definition) is 8. The van der Waals surface area contributed by atoms with Crippen molar-refractivity contribution >= 4 is 44.8 Å². The second kappa shape index (κ2) is 7.45. The summed E-state index contributed by atoms with van der Waals surface area (Å²) in [6, 6.07) is 13.3. The van der Waals surface area contributed by atoms with E-state index in [-0.39, 0.29) is 5.56 Å². The van der Waals surface area contributed by atoms with E-state index in [1.54, 1.807) is 12.1 Å². The molecule has 0 aliphatic heterocycles. The molecule has 0 unspecified atom stereocenters. The van der Waals surface area contributed by atoms with E-state index < -0.39 is 0 Å². The molecule has 4 aromatic rings. The van der Waals surface area contributed by atoms with Crippen molar-refractivity contribution in [2.75, 3.05) is 5.32 Å². The normalized spacial score (nSPS) is 11.0. The molecule has 0 saturated heterocycles. The van der Waals surface area contributed by atoms with Gasteiger partial charge in [0.2, 0.25) is 5.13 Å². The molecule has 27 heavy (non-hydrogen) atoms. The van der Waals surface area contributed by atoms with Gasteiger partial charge in [0.25, 0.3) is 5.56 Å². The van der Waals surface area contributed by atoms with Crippen molar-refractivity contribution in [2.24, 2.45) is 0 Å². The molecule has 0 aliphatic carbocycles. The number of aromatic nitrogens is 5. The average molecular weight is 397 g/mol. The Balaban J connectivity index is 1.48. The Hall–Kier alpha value is -2.78. The molecule has 0 spiro atoms. The first-order chi connectivity index (χ1) is 13.1. The van der Waals surface area contributed by atoms with Crippen molar-refractivity contribution in [1.29, 1.82) is 0 Å². The fraction of sp³-hybridized carbons (Fsp3) is 0.167. The van der Waals surface area contributed by atoms with E-state index in [0.717, 1.165) is 10.0 Å². The summed E-state index contributed by atoms with van der Waals surface area (Å²) in [5.41, 5.74) is 3.85. The van der Waals surface area contributed by atoms with E-state index in [4.69, 9.17) is 0 Å². The number of nitrogens with one attached hydrogen (secondary N) is 1. The van der Waals surface area contributed by atoms with Crippen molar-refractivity contribution in [3.05, 3.63) is 63.9 Å². The van der Waals surface area contributed by atoms with Crippen LogP contribution < -0.4 is 10.9 Å². The molecule has 2 aromatic heterocycles. The van der Waals surface area contributed by atoms with Gasteiger partial charge < -0.3 is 5.32 Å². The molecule has 1 N–H and O–H groups in total. The van der Waals surface area contributed by atoms with Crippen LogP contribution in [-0.2, 0) is 5.88 Å². The highest BCUT2D eigenvalue weighted by Gasteiger charge is 2.10. The van der Waals surface area contributed by atoms with E-state index in [1.807, 2.05) is 24.3 Å². The summed E-state index contributed by atoms with van der Waals surface area (Å²) in [4.78, 5) is 12.5. The zero-order valence-corrected chi connectivity index (χ0v) is 16.3. The second-order valence-electron chi connectivity index (χ2n) is 5.93. The SMILES string of the molecule is Cc1cccc(Nc2nnc(SCn3nnc4ccccc4c3=O)s2)c1C. The monoisotopic (exact) mass is 396 g/mol. The van der Waals surface area contributed by atoms with E-state index >= 15 is 0 Å². The third-order valence-corrected chi connectivity index (χ3v) is 6.13. The largest absolute Gasteiger partial charge is 0.330 e. The second-order valence-corrected chi connectivity index (χ2v) is 8.10. The fourth-order valence-corrected chi connectivity index (χ4v) is 4.17. The first-order valence-corrected chi connectivity index (χ1v) is 10.0. The molecule has 0 amide bonds. The van der Waals surface area contributed by atoms with Gasteiger partial charge in [0.15, 0.2) is 4.34 Å². The molecule has 0 aliphatic rings. The number of anilines is 2. The number of thioether (sulfide) groups is 1. The molecule has 0 fully saturated rings. The Bertz CT molecular complexity index is 1170. The first kappa shape index (κ1) is 17.6. The smallest absolute Gasteiger partial charge is 0.278 e. The summed E-state index contributed by atoms with van der Waals surface area (Å²) in [6.45, 7) is 4.14. The van der Waals surface area contributed by atoms with Crippen molar-refractivity contribution in [3.63, 3.8) is 0 Å². The molecule has 0 radical (unpaired) electrons. The topological polar surface area (TPSA) is 85.6 Å². The Kier molecular flexibility index (Phi) is 4.87. The summed E-state index contributed by atoms with van der Waals surface area (Å²) < 4.78 is 2.09. The van der Waals surface area contributed by atoms with Gasteiger partial charge in [0, 0.05) is 5.69 Å². The van der Waals surface area contributed by atoms with Gasteiger partial charge in [0.1, 0.15) is 5.52 Å². The number of nitrogens with zero attached hydrogens (tertiary/aromatic N) is 5. The predicted molar refractivity (Wildman–Crippen MR) is 109 cm³/mol. The number of hydrogen-bond donors (Lipinski definition) is 1. The van der Waals surface area contributed by atoms with Gasteiger partial charge in [-0.05, 0) is 43.2 Å². The predicted octanol–water partition coefficient (Wildman–Crippen LogP) is 3.75. The first-order valence-electron chi connectivity index (χ1n) is 8.24. The van der Waals surface area contributed by atoms with Crippen molar-refractivity contribution in [1.82, 2.24) is 25.2 Å². The Labute approximate surface area is 163 Å². The third-order valence-electron chi connectivity index (χ3n) is 4.19. The Morgan fingerprint density at radius 3 is 2.81 bits per heavy atom. The van der Waals surface area contributed by atoms with Crippen LogP contribution in [0.15, 0.2) is 51.6 Å². The molecule has 0 atom stereocenters. The van der Waals surface area contributed by atoms with Crippen LogP contribution in [0.3, 0.4) is 0 Å². The minimum Gasteiger partial charge on any atom is -0.330 e. The summed E-state index contributed by atoms with van der Waals surface area (Å²) in [5, 5.41) is 21.0. The van der Waals surface area contributed by atoms with Crippen LogP contribution in [0.25, 0.3) is 10.9 Å². The number of aryl methyl sites for hydroxylation is 1. The van der Waals surface area contributed by atoms with Gasteiger partial charge in [-0.2, -0.15) is 4.68 Å². The Morgan fingerprint density at radius 2 is 1.93 bits per heavy atom. The van der Waals surface area contributed by atoms with Gasteiger partial charge in [-0.25, -0.2) is 0 Å². The highest BCUT2D eigenvalue weighted by Crippen LogP contribution is 2.29. The lowest BCUT2D eigenvalue weighted by Gasteiger charge is -2.08. The van der Waals surface area contributed by atoms with Crippen LogP contribution in [-0.4, -0.2) is 25.2 Å². The summed E-state index contributed by atoms with van der Waals surface area (Å²) in [5.74, 6) is 0.328. The standard InChI is InChI=1S/C18H16N6OS2/c1-11-6-5-9-14(12(11)2)19-17-21-22-18(27-17)26-10-24-16(25)13-7-3-4-8-15(13)20-23-24/h3-9H,10H2,1-2H3,(H,19,21). The lowest BCUT2D eigenvalue weighted by molar-refractivity contribution is 0.644. The van der Waals surface area contributed by atoms with Crippen LogP contribution in [0.2, 0.25) is 0 Å². The molecule has 2 aromatic carbocycles. The molecule has 2 heterocycles. The average Bonchev–Trinajstić information content (AvgIpc) is 3.13. The molecule has 7 nitrogen and oxygen atoms in total. The van der Waals surface area contributed by atoms with Gasteiger partial charge in [0.05, 0.1) is 11.3 Å². The van der Waals surface area contributed by atoms with E-state index in [1.165, 1.54) is 38.9 Å². The molecule has 0 saturated carbocycles. The molecule has 0 bridgehead atoms. The minimum absolute atomic E-state index is 0.161. The molecule has 4 rings (SSSR count). The van der Waals surface area contributed by atoms with E-state index in [9.17, 15) is 4.79 Å². The highest BCUT2D eigenvalue weighted by atomic mass is 32.2. The van der Waals surface area contributed by atoms with Crippen molar-refractivity contribution < 1.29 is 0 Å². The molecule has 136 valence electrons. The van der Waals surface area contributed by atoms with E-state index in [2.05, 4.69) is 45.7 Å². The van der Waals surface area contributed by atoms with Crippen molar-refractivity contribution in [2.45, 2.75) is 24.1 Å². The van der Waals surface area contributed by atoms with Crippen molar-refractivity contribution in [3.8, 4) is 0 Å². The minimum atomic E-state index is -0.161.